The molecule has 0 aliphatic heterocycles. The van der Waals surface area contributed by atoms with Crippen molar-refractivity contribution in [2.24, 2.45) is 0 Å². The quantitative estimate of drug-likeness (QED) is 0.475. The summed E-state index contributed by atoms with van der Waals surface area (Å²) < 4.78 is 0. The molecule has 0 saturated carbocycles. The molecular weight excluding hydrogens is 306 g/mol. The average molecular weight is 318 g/mol. The lowest BCUT2D eigenvalue weighted by Gasteiger charge is -2.11. The van der Waals surface area contributed by atoms with Gasteiger partial charge < -0.3 is 10.2 Å². The molecule has 0 aliphatic carbocycles. The summed E-state index contributed by atoms with van der Waals surface area (Å²) in [5.74, 6) is -1.37. The van der Waals surface area contributed by atoms with Crippen LogP contribution in [-0.4, -0.2) is 26.4 Å². The van der Waals surface area contributed by atoms with Crippen molar-refractivity contribution < 1.29 is 19.9 Å². The fraction of sp³-hybridized carbons (Fsp3) is 0.364. The van der Waals surface area contributed by atoms with Gasteiger partial charge in [-0.25, -0.2) is 4.79 Å². The van der Waals surface area contributed by atoms with Gasteiger partial charge in [-0.2, -0.15) is 0 Å². The summed E-state index contributed by atoms with van der Waals surface area (Å²) in [7, 11) is 0. The summed E-state index contributed by atoms with van der Waals surface area (Å²) in [6, 6.07) is 3.80. The highest BCUT2D eigenvalue weighted by molar-refractivity contribution is 9.09. The van der Waals surface area contributed by atoms with Crippen LogP contribution in [0.4, 0.5) is 5.69 Å². The second-order valence-corrected chi connectivity index (χ2v) is 4.47. The number of non-ortho nitro benzene ring substituents is 1. The largest absolute Gasteiger partial charge is 0.479 e. The molecule has 1 rings (SSSR count). The van der Waals surface area contributed by atoms with Gasteiger partial charge in [0.1, 0.15) is 0 Å². The number of alkyl halides is 1. The maximum Gasteiger partial charge on any atom is 0.337 e. The number of carbonyl (C=O) groups is 1. The molecule has 1 aromatic rings. The highest BCUT2D eigenvalue weighted by atomic mass is 79.9. The van der Waals surface area contributed by atoms with E-state index in [9.17, 15) is 20.0 Å². The Balaban J connectivity index is 3.15. The minimum atomic E-state index is -1.66. The molecule has 0 aromatic heterocycles. The maximum absolute atomic E-state index is 10.8. The number of carboxylic acids is 1. The molecule has 0 fully saturated rings. The number of hydrogen-bond acceptors (Lipinski definition) is 4. The van der Waals surface area contributed by atoms with Crippen molar-refractivity contribution in [2.45, 2.75) is 18.9 Å². The lowest BCUT2D eigenvalue weighted by molar-refractivity contribution is -0.384. The Kier molecular flexibility index (Phi) is 5.24. The Morgan fingerprint density at radius 2 is 2.17 bits per heavy atom. The molecule has 98 valence electrons. The fourth-order valence-electron chi connectivity index (χ4n) is 1.58. The first-order valence-corrected chi connectivity index (χ1v) is 6.33. The van der Waals surface area contributed by atoms with Gasteiger partial charge in [-0.15, -0.1) is 0 Å². The normalized spacial score (nSPS) is 12.1. The van der Waals surface area contributed by atoms with Gasteiger partial charge in [0.2, 0.25) is 0 Å². The van der Waals surface area contributed by atoms with E-state index in [1.807, 2.05) is 0 Å². The summed E-state index contributed by atoms with van der Waals surface area (Å²) in [6.07, 6.45) is -0.497. The Morgan fingerprint density at radius 1 is 1.50 bits per heavy atom. The first-order valence-electron chi connectivity index (χ1n) is 5.21. The number of hydrogen-bond donors (Lipinski definition) is 2. The molecule has 6 nitrogen and oxygen atoms in total. The minimum Gasteiger partial charge on any atom is -0.479 e. The number of nitro groups is 1. The third-order valence-corrected chi connectivity index (χ3v) is 3.01. The lowest BCUT2D eigenvalue weighted by Crippen LogP contribution is -2.13. The summed E-state index contributed by atoms with van der Waals surface area (Å²) in [4.78, 5) is 20.9. The van der Waals surface area contributed by atoms with Gasteiger partial charge >= 0.3 is 5.97 Å². The molecule has 0 heterocycles. The van der Waals surface area contributed by atoms with E-state index in [-0.39, 0.29) is 11.3 Å². The number of carboxylic acid groups (broad SMARTS) is 1. The maximum atomic E-state index is 10.8. The molecule has 0 amide bonds. The zero-order valence-electron chi connectivity index (χ0n) is 9.38. The SMILES string of the molecule is O=C(O)C(O)c1ccc([N+](=O)[O-])cc1CCCBr. The lowest BCUT2D eigenvalue weighted by atomic mass is 9.98. The van der Waals surface area contributed by atoms with E-state index < -0.39 is 17.0 Å². The zero-order valence-corrected chi connectivity index (χ0v) is 11.0. The second-order valence-electron chi connectivity index (χ2n) is 3.67. The predicted octanol–water partition coefficient (Wildman–Crippen LogP) is 2.04. The van der Waals surface area contributed by atoms with Crippen molar-refractivity contribution >= 4 is 27.6 Å². The van der Waals surface area contributed by atoms with E-state index in [1.165, 1.54) is 18.2 Å². The van der Waals surface area contributed by atoms with Crippen molar-refractivity contribution in [1.82, 2.24) is 0 Å². The smallest absolute Gasteiger partial charge is 0.337 e. The van der Waals surface area contributed by atoms with E-state index in [0.29, 0.717) is 23.7 Å². The molecule has 0 saturated heterocycles. The fourth-order valence-corrected chi connectivity index (χ4v) is 1.86. The number of aliphatic carboxylic acids is 1. The Labute approximate surface area is 112 Å². The number of nitrogens with zero attached hydrogens (tertiary/aromatic N) is 1. The molecular formula is C11H12BrNO5. The van der Waals surface area contributed by atoms with Gasteiger partial charge in [0, 0.05) is 17.5 Å². The number of aliphatic hydroxyl groups excluding tert-OH is 1. The van der Waals surface area contributed by atoms with E-state index >= 15 is 0 Å². The molecule has 7 heteroatoms. The van der Waals surface area contributed by atoms with E-state index in [0.717, 1.165) is 0 Å². The minimum absolute atomic E-state index is 0.110. The van der Waals surface area contributed by atoms with Crippen LogP contribution in [0.15, 0.2) is 18.2 Å². The molecule has 0 bridgehead atoms. The summed E-state index contributed by atoms with van der Waals surface area (Å²) in [5.41, 5.74) is 0.577. The molecule has 18 heavy (non-hydrogen) atoms. The van der Waals surface area contributed by atoms with Crippen LogP contribution in [0.25, 0.3) is 0 Å². The monoisotopic (exact) mass is 317 g/mol. The van der Waals surface area contributed by atoms with Crippen molar-refractivity contribution in [3.05, 3.63) is 39.4 Å². The standard InChI is InChI=1S/C11H12BrNO5/c12-5-1-2-7-6-8(13(17)18)3-4-9(7)10(14)11(15)16/h3-4,6,10,14H,1-2,5H2,(H,15,16). The highest BCUT2D eigenvalue weighted by Crippen LogP contribution is 2.24. The third kappa shape index (κ3) is 3.51. The number of rotatable bonds is 6. The van der Waals surface area contributed by atoms with Crippen molar-refractivity contribution in [3.63, 3.8) is 0 Å². The van der Waals surface area contributed by atoms with Crippen LogP contribution in [0, 0.1) is 10.1 Å². The first-order chi connectivity index (χ1) is 8.47. The highest BCUT2D eigenvalue weighted by Gasteiger charge is 2.21. The van der Waals surface area contributed by atoms with Crippen LogP contribution in [0.1, 0.15) is 23.7 Å². The number of aryl methyl sites for hydroxylation is 1. The molecule has 0 aliphatic rings. The van der Waals surface area contributed by atoms with Gasteiger partial charge in [0.25, 0.3) is 5.69 Å². The number of nitro benzene ring substituents is 1. The van der Waals surface area contributed by atoms with Crippen molar-refractivity contribution in [3.8, 4) is 0 Å². The molecule has 1 aromatic carbocycles. The summed E-state index contributed by atoms with van der Waals surface area (Å²) in [6.45, 7) is 0. The third-order valence-electron chi connectivity index (χ3n) is 2.45. The summed E-state index contributed by atoms with van der Waals surface area (Å²) in [5, 5.41) is 29.6. The molecule has 0 spiro atoms. The Hall–Kier alpha value is -1.47. The predicted molar refractivity (Wildman–Crippen MR) is 67.8 cm³/mol. The van der Waals surface area contributed by atoms with E-state index in [4.69, 9.17) is 5.11 Å². The molecule has 2 N–H and O–H groups in total. The van der Waals surface area contributed by atoms with Gasteiger partial charge in [-0.05, 0) is 30.0 Å². The molecule has 1 unspecified atom stereocenters. The van der Waals surface area contributed by atoms with Crippen molar-refractivity contribution in [2.75, 3.05) is 5.33 Å². The van der Waals surface area contributed by atoms with Crippen LogP contribution in [0.5, 0.6) is 0 Å². The zero-order chi connectivity index (χ0) is 13.7. The van der Waals surface area contributed by atoms with Crippen LogP contribution < -0.4 is 0 Å². The molecule has 1 atom stereocenters. The Morgan fingerprint density at radius 3 is 2.67 bits per heavy atom. The van der Waals surface area contributed by atoms with Gasteiger partial charge in [-0.1, -0.05) is 15.9 Å². The molecule has 0 radical (unpaired) electrons. The van der Waals surface area contributed by atoms with Gasteiger partial charge in [0.05, 0.1) is 4.92 Å². The van der Waals surface area contributed by atoms with Gasteiger partial charge in [-0.3, -0.25) is 10.1 Å². The number of halogens is 1. The van der Waals surface area contributed by atoms with Crippen LogP contribution >= 0.6 is 15.9 Å². The van der Waals surface area contributed by atoms with E-state index in [1.54, 1.807) is 0 Å². The van der Waals surface area contributed by atoms with Crippen LogP contribution in [0.2, 0.25) is 0 Å². The van der Waals surface area contributed by atoms with Gasteiger partial charge in [0.15, 0.2) is 6.10 Å². The van der Waals surface area contributed by atoms with E-state index in [2.05, 4.69) is 15.9 Å². The summed E-state index contributed by atoms with van der Waals surface area (Å²) >= 11 is 3.23. The van der Waals surface area contributed by atoms with Crippen LogP contribution in [-0.2, 0) is 11.2 Å². The van der Waals surface area contributed by atoms with Crippen molar-refractivity contribution in [1.29, 1.82) is 0 Å². The van der Waals surface area contributed by atoms with Crippen LogP contribution in [0.3, 0.4) is 0 Å². The second kappa shape index (κ2) is 6.46. The number of aliphatic hydroxyl groups is 1. The Bertz CT molecular complexity index is 463. The first kappa shape index (κ1) is 14.6. The topological polar surface area (TPSA) is 101 Å². The number of benzene rings is 1. The average Bonchev–Trinajstić information content (AvgIpc) is 2.34.